The van der Waals surface area contributed by atoms with Crippen molar-refractivity contribution < 1.29 is 13.2 Å². The van der Waals surface area contributed by atoms with E-state index in [-0.39, 0.29) is 0 Å². The third-order valence-electron chi connectivity index (χ3n) is 2.59. The third-order valence-corrected chi connectivity index (χ3v) is 2.59. The monoisotopic (exact) mass is 261 g/mol. The largest absolute Gasteiger partial charge is 0.416 e. The van der Waals surface area contributed by atoms with Gasteiger partial charge in [-0.2, -0.15) is 13.2 Å². The Hall–Kier alpha value is -1.30. The van der Waals surface area contributed by atoms with Gasteiger partial charge in [0.05, 0.1) is 5.56 Å². The zero-order chi connectivity index (χ0) is 13.6. The Morgan fingerprint density at radius 3 is 2.61 bits per heavy atom. The Labute approximate surface area is 105 Å². The minimum atomic E-state index is -4.32. The van der Waals surface area contributed by atoms with E-state index in [1.807, 2.05) is 18.7 Å². The fraction of sp³-hybridized carbons (Fsp3) is 0.583. The number of anilines is 1. The van der Waals surface area contributed by atoms with Gasteiger partial charge in [-0.05, 0) is 25.6 Å². The second-order valence-electron chi connectivity index (χ2n) is 3.83. The van der Waals surface area contributed by atoms with Gasteiger partial charge in [0.15, 0.2) is 0 Å². The number of nitrogens with zero attached hydrogens (tertiary/aromatic N) is 2. The lowest BCUT2D eigenvalue weighted by molar-refractivity contribution is -0.137. The van der Waals surface area contributed by atoms with Crippen molar-refractivity contribution in [1.82, 2.24) is 10.3 Å². The van der Waals surface area contributed by atoms with Gasteiger partial charge >= 0.3 is 6.18 Å². The molecule has 0 unspecified atom stereocenters. The lowest BCUT2D eigenvalue weighted by Crippen LogP contribution is -2.32. The molecular weight excluding hydrogens is 243 g/mol. The van der Waals surface area contributed by atoms with E-state index in [0.29, 0.717) is 18.9 Å². The van der Waals surface area contributed by atoms with E-state index >= 15 is 0 Å². The first kappa shape index (κ1) is 14.8. The number of halogens is 3. The first-order valence-corrected chi connectivity index (χ1v) is 5.98. The summed E-state index contributed by atoms with van der Waals surface area (Å²) in [5.74, 6) is 0.366. The predicted molar refractivity (Wildman–Crippen MR) is 65.7 cm³/mol. The molecule has 1 N–H and O–H groups in total. The fourth-order valence-corrected chi connectivity index (χ4v) is 1.59. The molecule has 0 atom stereocenters. The molecular formula is C12H18F3N3. The Morgan fingerprint density at radius 1 is 1.33 bits per heavy atom. The van der Waals surface area contributed by atoms with E-state index < -0.39 is 11.7 Å². The van der Waals surface area contributed by atoms with Crippen molar-refractivity contribution in [2.45, 2.75) is 20.0 Å². The lowest BCUT2D eigenvalue weighted by Gasteiger charge is -2.22. The average Bonchev–Trinajstić information content (AvgIpc) is 2.34. The van der Waals surface area contributed by atoms with Crippen LogP contribution in [-0.2, 0) is 6.18 Å². The normalized spacial score (nSPS) is 11.6. The number of rotatable bonds is 6. The molecule has 6 heteroatoms. The van der Waals surface area contributed by atoms with Gasteiger partial charge in [0.25, 0.3) is 0 Å². The molecule has 0 saturated carbocycles. The number of pyridine rings is 1. The Bertz CT molecular complexity index is 366. The van der Waals surface area contributed by atoms with Crippen LogP contribution in [0.3, 0.4) is 0 Å². The second-order valence-corrected chi connectivity index (χ2v) is 3.83. The molecule has 0 aliphatic heterocycles. The maximum absolute atomic E-state index is 12.6. The number of hydrogen-bond acceptors (Lipinski definition) is 3. The van der Waals surface area contributed by atoms with Crippen molar-refractivity contribution in [3.8, 4) is 0 Å². The Kier molecular flexibility index (Phi) is 5.40. The minimum absolute atomic E-state index is 0.366. The standard InChI is InChI=1S/C12H18F3N3/c1-3-16-7-8-18(4-2)11-9-10(5-6-17-11)12(13,14)15/h5-6,9,16H,3-4,7-8H2,1-2H3. The van der Waals surface area contributed by atoms with Gasteiger partial charge < -0.3 is 10.2 Å². The maximum Gasteiger partial charge on any atom is 0.416 e. The predicted octanol–water partition coefficient (Wildman–Crippen LogP) is 2.54. The van der Waals surface area contributed by atoms with E-state index in [1.165, 1.54) is 6.20 Å². The van der Waals surface area contributed by atoms with Crippen LogP contribution in [0.1, 0.15) is 19.4 Å². The fourth-order valence-electron chi connectivity index (χ4n) is 1.59. The summed E-state index contributed by atoms with van der Waals surface area (Å²) in [6, 6.07) is 2.08. The third kappa shape index (κ3) is 4.18. The van der Waals surface area contributed by atoms with Gasteiger partial charge in [0, 0.05) is 25.8 Å². The van der Waals surface area contributed by atoms with Crippen LogP contribution in [0.5, 0.6) is 0 Å². The van der Waals surface area contributed by atoms with Crippen molar-refractivity contribution in [3.05, 3.63) is 23.9 Å². The van der Waals surface area contributed by atoms with Gasteiger partial charge in [-0.25, -0.2) is 4.98 Å². The molecule has 0 fully saturated rings. The van der Waals surface area contributed by atoms with Crippen LogP contribution in [0.4, 0.5) is 19.0 Å². The van der Waals surface area contributed by atoms with Crippen molar-refractivity contribution in [3.63, 3.8) is 0 Å². The molecule has 0 saturated heterocycles. The van der Waals surface area contributed by atoms with Crippen molar-refractivity contribution in [2.24, 2.45) is 0 Å². The number of nitrogens with one attached hydrogen (secondary N) is 1. The van der Waals surface area contributed by atoms with Crippen LogP contribution < -0.4 is 10.2 Å². The molecule has 0 aliphatic carbocycles. The zero-order valence-electron chi connectivity index (χ0n) is 10.6. The molecule has 3 nitrogen and oxygen atoms in total. The minimum Gasteiger partial charge on any atom is -0.356 e. The van der Waals surface area contributed by atoms with Gasteiger partial charge in [-0.3, -0.25) is 0 Å². The smallest absolute Gasteiger partial charge is 0.356 e. The lowest BCUT2D eigenvalue weighted by atomic mass is 10.2. The van der Waals surface area contributed by atoms with Crippen LogP contribution in [0.25, 0.3) is 0 Å². The molecule has 1 heterocycles. The summed E-state index contributed by atoms with van der Waals surface area (Å²) in [7, 11) is 0. The summed E-state index contributed by atoms with van der Waals surface area (Å²) in [6.07, 6.45) is -3.12. The summed E-state index contributed by atoms with van der Waals surface area (Å²) in [6.45, 7) is 6.71. The molecule has 0 aromatic carbocycles. The highest BCUT2D eigenvalue weighted by Crippen LogP contribution is 2.30. The molecule has 0 spiro atoms. The molecule has 0 aliphatic rings. The molecule has 102 valence electrons. The van der Waals surface area contributed by atoms with Gasteiger partial charge in [-0.1, -0.05) is 6.92 Å². The van der Waals surface area contributed by atoms with Crippen molar-refractivity contribution in [2.75, 3.05) is 31.1 Å². The second kappa shape index (κ2) is 6.58. The SMILES string of the molecule is CCNCCN(CC)c1cc(C(F)(F)F)ccn1. The van der Waals surface area contributed by atoms with E-state index in [1.54, 1.807) is 0 Å². The van der Waals surface area contributed by atoms with E-state index in [0.717, 1.165) is 25.2 Å². The van der Waals surface area contributed by atoms with Gasteiger partial charge in [-0.15, -0.1) is 0 Å². The first-order chi connectivity index (χ1) is 8.49. The van der Waals surface area contributed by atoms with Crippen molar-refractivity contribution >= 4 is 5.82 Å². The van der Waals surface area contributed by atoms with Gasteiger partial charge in [0.1, 0.15) is 5.82 Å². The number of hydrogen-bond donors (Lipinski definition) is 1. The average molecular weight is 261 g/mol. The van der Waals surface area contributed by atoms with Crippen LogP contribution in [0, 0.1) is 0 Å². The Morgan fingerprint density at radius 2 is 2.06 bits per heavy atom. The molecule has 18 heavy (non-hydrogen) atoms. The maximum atomic E-state index is 12.6. The summed E-state index contributed by atoms with van der Waals surface area (Å²) >= 11 is 0. The molecule has 0 bridgehead atoms. The molecule has 0 amide bonds. The summed E-state index contributed by atoms with van der Waals surface area (Å²) in [4.78, 5) is 5.82. The van der Waals surface area contributed by atoms with Crippen LogP contribution in [0.15, 0.2) is 18.3 Å². The van der Waals surface area contributed by atoms with Crippen molar-refractivity contribution in [1.29, 1.82) is 0 Å². The van der Waals surface area contributed by atoms with E-state index in [2.05, 4.69) is 10.3 Å². The topological polar surface area (TPSA) is 28.2 Å². The van der Waals surface area contributed by atoms with Crippen LogP contribution >= 0.6 is 0 Å². The zero-order valence-corrected chi connectivity index (χ0v) is 10.6. The highest BCUT2D eigenvalue weighted by molar-refractivity contribution is 5.41. The Balaban J connectivity index is 2.79. The summed E-state index contributed by atoms with van der Waals surface area (Å²) in [5, 5.41) is 3.14. The molecule has 1 rings (SSSR count). The molecule has 1 aromatic rings. The van der Waals surface area contributed by atoms with Crippen LogP contribution in [0.2, 0.25) is 0 Å². The molecule has 0 radical (unpaired) electrons. The first-order valence-electron chi connectivity index (χ1n) is 5.98. The summed E-state index contributed by atoms with van der Waals surface area (Å²) in [5.41, 5.74) is -0.658. The number of likely N-dealkylation sites (N-methyl/N-ethyl adjacent to an activating group) is 2. The van der Waals surface area contributed by atoms with Crippen LogP contribution in [-0.4, -0.2) is 31.2 Å². The number of alkyl halides is 3. The quantitative estimate of drug-likeness (QED) is 0.798. The number of aromatic nitrogens is 1. The van der Waals surface area contributed by atoms with Gasteiger partial charge in [0.2, 0.25) is 0 Å². The van der Waals surface area contributed by atoms with E-state index in [9.17, 15) is 13.2 Å². The summed E-state index contributed by atoms with van der Waals surface area (Å²) < 4.78 is 37.7. The highest BCUT2D eigenvalue weighted by atomic mass is 19.4. The van der Waals surface area contributed by atoms with E-state index in [4.69, 9.17) is 0 Å². The molecule has 1 aromatic heterocycles. The highest BCUT2D eigenvalue weighted by Gasteiger charge is 2.31.